The molecule has 0 aliphatic rings. The molecule has 172 valence electrons. The van der Waals surface area contributed by atoms with Gasteiger partial charge in [-0.3, -0.25) is 0 Å². The summed E-state index contributed by atoms with van der Waals surface area (Å²) in [6.07, 6.45) is 0. The highest BCUT2D eigenvalue weighted by atomic mass is 32.1. The van der Waals surface area contributed by atoms with Crippen LogP contribution in [0, 0.1) is 0 Å². The number of benzene rings is 7. The molecule has 0 amide bonds. The molecule has 0 bridgehead atoms. The third-order valence-electron chi connectivity index (χ3n) is 7.66. The number of hydrogen-bond acceptors (Lipinski definition) is 1. The van der Waals surface area contributed by atoms with Crippen molar-refractivity contribution >= 4 is 64.5 Å². The van der Waals surface area contributed by atoms with E-state index in [0.717, 1.165) is 0 Å². The van der Waals surface area contributed by atoms with E-state index in [1.165, 1.54) is 74.7 Å². The van der Waals surface area contributed by atoms with Gasteiger partial charge in [-0.2, -0.15) is 0 Å². The first-order chi connectivity index (χ1) is 18.3. The lowest BCUT2D eigenvalue weighted by Crippen LogP contribution is -1.85. The van der Waals surface area contributed by atoms with Crippen molar-refractivity contribution in [3.8, 4) is 21.6 Å². The Hall–Kier alpha value is -4.46. The Morgan fingerprint density at radius 1 is 0.324 bits per heavy atom. The van der Waals surface area contributed by atoms with E-state index < -0.39 is 0 Å². The molecule has 1 aromatic heterocycles. The van der Waals surface area contributed by atoms with Crippen LogP contribution in [0.25, 0.3) is 74.7 Å². The van der Waals surface area contributed by atoms with Gasteiger partial charge in [-0.05, 0) is 77.3 Å². The fourth-order valence-corrected chi connectivity index (χ4v) is 7.02. The lowest BCUT2D eigenvalue weighted by atomic mass is 9.92. The standard InChI is InChI=1S/C36H22S/c1-2-8-28-24(7-1)15-18-27-22-35(37-36(27)28)25-16-13-23(14-17-25)26-19-20-33-31-11-4-3-9-29(31)30-10-5-6-12-32(30)34(33)21-26/h1-22H. The van der Waals surface area contributed by atoms with Crippen LogP contribution in [0.2, 0.25) is 0 Å². The average Bonchev–Trinajstić information content (AvgIpc) is 3.42. The van der Waals surface area contributed by atoms with Crippen LogP contribution in [0.4, 0.5) is 0 Å². The second-order valence-corrected chi connectivity index (χ2v) is 10.8. The van der Waals surface area contributed by atoms with E-state index in [-0.39, 0.29) is 0 Å². The van der Waals surface area contributed by atoms with E-state index in [1.54, 1.807) is 0 Å². The van der Waals surface area contributed by atoms with Crippen molar-refractivity contribution in [2.24, 2.45) is 0 Å². The summed E-state index contributed by atoms with van der Waals surface area (Å²) < 4.78 is 1.37. The smallest absolute Gasteiger partial charge is 0.0427 e. The zero-order valence-corrected chi connectivity index (χ0v) is 20.9. The van der Waals surface area contributed by atoms with E-state index in [1.807, 2.05) is 11.3 Å². The van der Waals surface area contributed by atoms with E-state index in [4.69, 9.17) is 0 Å². The van der Waals surface area contributed by atoms with Gasteiger partial charge >= 0.3 is 0 Å². The molecular formula is C36H22S. The third kappa shape index (κ3) is 3.21. The first-order valence-electron chi connectivity index (χ1n) is 12.7. The molecule has 7 aromatic carbocycles. The van der Waals surface area contributed by atoms with Gasteiger partial charge in [0.25, 0.3) is 0 Å². The minimum absolute atomic E-state index is 1.24. The van der Waals surface area contributed by atoms with Crippen molar-refractivity contribution in [3.63, 3.8) is 0 Å². The molecule has 1 heterocycles. The van der Waals surface area contributed by atoms with Crippen molar-refractivity contribution in [1.82, 2.24) is 0 Å². The molecule has 8 aromatic rings. The van der Waals surface area contributed by atoms with Crippen molar-refractivity contribution in [2.75, 3.05) is 0 Å². The number of fused-ring (bicyclic) bond motifs is 9. The van der Waals surface area contributed by atoms with Crippen LogP contribution in [0.5, 0.6) is 0 Å². The Kier molecular flexibility index (Phi) is 4.49. The van der Waals surface area contributed by atoms with E-state index in [0.29, 0.717) is 0 Å². The van der Waals surface area contributed by atoms with Crippen LogP contribution in [0.15, 0.2) is 133 Å². The Bertz CT molecular complexity index is 2090. The van der Waals surface area contributed by atoms with Gasteiger partial charge in [0.05, 0.1) is 0 Å². The summed E-state index contributed by atoms with van der Waals surface area (Å²) >= 11 is 1.89. The maximum absolute atomic E-state index is 2.37. The van der Waals surface area contributed by atoms with E-state index in [9.17, 15) is 0 Å². The second-order valence-electron chi connectivity index (χ2n) is 9.74. The van der Waals surface area contributed by atoms with Crippen molar-refractivity contribution < 1.29 is 0 Å². The molecule has 0 N–H and O–H groups in total. The Morgan fingerprint density at radius 2 is 0.838 bits per heavy atom. The minimum Gasteiger partial charge on any atom is -0.135 e. The SMILES string of the molecule is c1ccc2c(c1)ccc1cc(-c3ccc(-c4ccc5c6ccccc6c6ccccc6c5c4)cc3)sc12. The van der Waals surface area contributed by atoms with Gasteiger partial charge in [0.2, 0.25) is 0 Å². The molecule has 0 radical (unpaired) electrons. The second kappa shape index (κ2) is 8.03. The molecule has 1 heteroatoms. The molecule has 0 saturated carbocycles. The summed E-state index contributed by atoms with van der Waals surface area (Å²) in [4.78, 5) is 1.31. The lowest BCUT2D eigenvalue weighted by Gasteiger charge is -2.12. The molecule has 0 spiro atoms. The predicted octanol–water partition coefficient (Wildman–Crippen LogP) is 10.8. The summed E-state index contributed by atoms with van der Waals surface area (Å²) in [6.45, 7) is 0. The van der Waals surface area contributed by atoms with Crippen molar-refractivity contribution in [1.29, 1.82) is 0 Å². The molecule has 37 heavy (non-hydrogen) atoms. The average molecular weight is 487 g/mol. The van der Waals surface area contributed by atoms with E-state index >= 15 is 0 Å². The summed E-state index contributed by atoms with van der Waals surface area (Å²) in [6, 6.07) is 49.0. The molecule has 0 nitrogen and oxygen atoms in total. The van der Waals surface area contributed by atoms with Gasteiger partial charge in [0.1, 0.15) is 0 Å². The molecule has 0 atom stereocenters. The van der Waals surface area contributed by atoms with Crippen LogP contribution in [0.1, 0.15) is 0 Å². The molecule has 0 aliphatic heterocycles. The number of rotatable bonds is 2. The normalized spacial score (nSPS) is 11.8. The van der Waals surface area contributed by atoms with Crippen molar-refractivity contribution in [2.45, 2.75) is 0 Å². The molecule has 0 aliphatic carbocycles. The van der Waals surface area contributed by atoms with Gasteiger partial charge in [-0.25, -0.2) is 0 Å². The first-order valence-corrected chi connectivity index (χ1v) is 13.5. The van der Waals surface area contributed by atoms with Gasteiger partial charge in [-0.1, -0.05) is 121 Å². The van der Waals surface area contributed by atoms with Crippen LogP contribution in [0.3, 0.4) is 0 Å². The summed E-state index contributed by atoms with van der Waals surface area (Å²) in [7, 11) is 0. The van der Waals surface area contributed by atoms with Crippen LogP contribution in [-0.4, -0.2) is 0 Å². The lowest BCUT2D eigenvalue weighted by molar-refractivity contribution is 1.65. The fraction of sp³-hybridized carbons (Fsp3) is 0. The zero-order valence-electron chi connectivity index (χ0n) is 20.1. The Morgan fingerprint density at radius 3 is 1.54 bits per heavy atom. The van der Waals surface area contributed by atoms with Crippen LogP contribution >= 0.6 is 11.3 Å². The predicted molar refractivity (Wildman–Crippen MR) is 163 cm³/mol. The molecule has 8 rings (SSSR count). The molecule has 0 saturated heterocycles. The molecular weight excluding hydrogens is 464 g/mol. The highest BCUT2D eigenvalue weighted by molar-refractivity contribution is 7.23. The minimum atomic E-state index is 1.24. The maximum atomic E-state index is 2.37. The van der Waals surface area contributed by atoms with Gasteiger partial charge in [0.15, 0.2) is 0 Å². The highest BCUT2D eigenvalue weighted by Gasteiger charge is 2.11. The molecule has 0 unspecified atom stereocenters. The Labute approximate surface area is 219 Å². The van der Waals surface area contributed by atoms with Crippen molar-refractivity contribution in [3.05, 3.63) is 133 Å². The summed E-state index contributed by atoms with van der Waals surface area (Å²) in [5, 5.41) is 11.8. The van der Waals surface area contributed by atoms with E-state index in [2.05, 4.69) is 133 Å². The fourth-order valence-electron chi connectivity index (χ4n) is 5.82. The van der Waals surface area contributed by atoms with Gasteiger partial charge < -0.3 is 0 Å². The zero-order chi connectivity index (χ0) is 24.3. The topological polar surface area (TPSA) is 0 Å². The van der Waals surface area contributed by atoms with Gasteiger partial charge in [-0.15, -0.1) is 11.3 Å². The Balaban J connectivity index is 1.25. The number of hydrogen-bond donors (Lipinski definition) is 0. The summed E-state index contributed by atoms with van der Waals surface area (Å²) in [5.74, 6) is 0. The van der Waals surface area contributed by atoms with Gasteiger partial charge in [0, 0.05) is 9.58 Å². The highest BCUT2D eigenvalue weighted by Crippen LogP contribution is 2.40. The largest absolute Gasteiger partial charge is 0.135 e. The maximum Gasteiger partial charge on any atom is 0.0427 e. The first kappa shape index (κ1) is 20.7. The van der Waals surface area contributed by atoms with Crippen LogP contribution < -0.4 is 0 Å². The number of thiophene rings is 1. The summed E-state index contributed by atoms with van der Waals surface area (Å²) in [5.41, 5.74) is 3.77. The monoisotopic (exact) mass is 486 g/mol. The quantitative estimate of drug-likeness (QED) is 0.213. The molecule has 0 fully saturated rings. The van der Waals surface area contributed by atoms with Crippen LogP contribution in [-0.2, 0) is 0 Å². The third-order valence-corrected chi connectivity index (χ3v) is 8.89.